The predicted molar refractivity (Wildman–Crippen MR) is 95.2 cm³/mol. The van der Waals surface area contributed by atoms with E-state index in [0.717, 1.165) is 47.6 Å². The number of carbonyl (C=O) groups is 1. The quantitative estimate of drug-likeness (QED) is 0.751. The summed E-state index contributed by atoms with van der Waals surface area (Å²) in [6.45, 7) is 2.75. The normalized spacial score (nSPS) is 16.8. The van der Waals surface area contributed by atoms with E-state index in [4.69, 9.17) is 9.47 Å². The summed E-state index contributed by atoms with van der Waals surface area (Å²) >= 11 is 0. The van der Waals surface area contributed by atoms with Gasteiger partial charge in [0.2, 0.25) is 5.88 Å². The first-order valence-electron chi connectivity index (χ1n) is 8.75. The second-order valence-corrected chi connectivity index (χ2v) is 6.67. The van der Waals surface area contributed by atoms with Crippen molar-refractivity contribution in [2.24, 2.45) is 5.92 Å². The Bertz CT molecular complexity index is 994. The Labute approximate surface area is 149 Å². The van der Waals surface area contributed by atoms with Gasteiger partial charge in [0.15, 0.2) is 0 Å². The maximum atomic E-state index is 12.0. The standard InChI is InChI=1S/C19H18N4O3/c24-19-13-7-16(22-14(13)4-6-21-19)12-3-5-20-15-1-2-17(23-18(12)15)26-10-11-8-25-9-11/h1-3,5,7,11,22H,4,6,8-10H2,(H,21,24). The van der Waals surface area contributed by atoms with Gasteiger partial charge in [-0.05, 0) is 18.2 Å². The van der Waals surface area contributed by atoms with Crippen molar-refractivity contribution < 1.29 is 14.3 Å². The Morgan fingerprint density at radius 2 is 2.15 bits per heavy atom. The molecule has 3 aromatic heterocycles. The van der Waals surface area contributed by atoms with Gasteiger partial charge in [0.1, 0.15) is 5.52 Å². The molecule has 0 atom stereocenters. The molecule has 0 spiro atoms. The van der Waals surface area contributed by atoms with Crippen LogP contribution in [0.15, 0.2) is 30.5 Å². The molecule has 0 bridgehead atoms. The number of aromatic amines is 1. The molecule has 1 fully saturated rings. The number of pyridine rings is 2. The molecular formula is C19H18N4O3. The van der Waals surface area contributed by atoms with Crippen LogP contribution in [0.25, 0.3) is 22.3 Å². The molecule has 1 amide bonds. The molecule has 132 valence electrons. The number of ether oxygens (including phenoxy) is 2. The number of carbonyl (C=O) groups excluding carboxylic acids is 1. The number of rotatable bonds is 4. The number of aromatic nitrogens is 3. The van der Waals surface area contributed by atoms with Crippen molar-refractivity contribution in [3.05, 3.63) is 41.7 Å². The van der Waals surface area contributed by atoms with Crippen molar-refractivity contribution in [1.29, 1.82) is 0 Å². The monoisotopic (exact) mass is 350 g/mol. The van der Waals surface area contributed by atoms with Crippen molar-refractivity contribution in [2.75, 3.05) is 26.4 Å². The topological polar surface area (TPSA) is 89.1 Å². The SMILES string of the molecule is O=C1NCCc2[nH]c(-c3ccnc4ccc(OCC5COC5)nc34)cc21. The second kappa shape index (κ2) is 6.10. The summed E-state index contributed by atoms with van der Waals surface area (Å²) < 4.78 is 11.0. The van der Waals surface area contributed by atoms with E-state index in [1.807, 2.05) is 24.3 Å². The number of hydrogen-bond donors (Lipinski definition) is 2. The number of fused-ring (bicyclic) bond motifs is 2. The zero-order chi connectivity index (χ0) is 17.5. The zero-order valence-electron chi connectivity index (χ0n) is 14.1. The van der Waals surface area contributed by atoms with Gasteiger partial charge in [0, 0.05) is 48.1 Å². The predicted octanol–water partition coefficient (Wildman–Crippen LogP) is 1.94. The second-order valence-electron chi connectivity index (χ2n) is 6.67. The molecule has 1 saturated heterocycles. The van der Waals surface area contributed by atoms with E-state index < -0.39 is 0 Å². The number of hydrogen-bond acceptors (Lipinski definition) is 5. The molecule has 2 N–H and O–H groups in total. The van der Waals surface area contributed by atoms with E-state index in [-0.39, 0.29) is 5.91 Å². The molecule has 2 aliphatic rings. The molecule has 0 radical (unpaired) electrons. The minimum absolute atomic E-state index is 0.0354. The van der Waals surface area contributed by atoms with Gasteiger partial charge in [-0.1, -0.05) is 0 Å². The lowest BCUT2D eigenvalue weighted by molar-refractivity contribution is -0.0513. The number of amides is 1. The van der Waals surface area contributed by atoms with E-state index in [9.17, 15) is 4.79 Å². The smallest absolute Gasteiger partial charge is 0.253 e. The van der Waals surface area contributed by atoms with E-state index >= 15 is 0 Å². The highest BCUT2D eigenvalue weighted by Gasteiger charge is 2.22. The molecule has 0 aromatic carbocycles. The van der Waals surface area contributed by atoms with Gasteiger partial charge in [-0.25, -0.2) is 4.98 Å². The lowest BCUT2D eigenvalue weighted by Gasteiger charge is -2.25. The molecule has 2 aliphatic heterocycles. The van der Waals surface area contributed by atoms with Crippen molar-refractivity contribution >= 4 is 16.9 Å². The van der Waals surface area contributed by atoms with Crippen LogP contribution in [0.5, 0.6) is 5.88 Å². The Hall–Kier alpha value is -2.93. The van der Waals surface area contributed by atoms with Gasteiger partial charge < -0.3 is 19.8 Å². The highest BCUT2D eigenvalue weighted by Crippen LogP contribution is 2.29. The number of nitrogens with zero attached hydrogens (tertiary/aromatic N) is 2. The Morgan fingerprint density at radius 1 is 1.23 bits per heavy atom. The third-order valence-corrected chi connectivity index (χ3v) is 4.83. The summed E-state index contributed by atoms with van der Waals surface area (Å²) in [5.74, 6) is 0.981. The maximum absolute atomic E-state index is 12.0. The van der Waals surface area contributed by atoms with E-state index in [2.05, 4.69) is 20.3 Å². The maximum Gasteiger partial charge on any atom is 0.253 e. The fraction of sp³-hybridized carbons (Fsp3) is 0.316. The van der Waals surface area contributed by atoms with Gasteiger partial charge in [0.05, 0.1) is 30.9 Å². The molecular weight excluding hydrogens is 332 g/mol. The van der Waals surface area contributed by atoms with Crippen molar-refractivity contribution in [1.82, 2.24) is 20.3 Å². The van der Waals surface area contributed by atoms with Crippen LogP contribution in [0, 0.1) is 5.92 Å². The first-order chi connectivity index (χ1) is 12.8. The van der Waals surface area contributed by atoms with Crippen LogP contribution in [0.3, 0.4) is 0 Å². The molecule has 26 heavy (non-hydrogen) atoms. The van der Waals surface area contributed by atoms with Crippen molar-refractivity contribution in [2.45, 2.75) is 6.42 Å². The molecule has 0 unspecified atom stereocenters. The molecule has 3 aromatic rings. The Kier molecular flexibility index (Phi) is 3.60. The van der Waals surface area contributed by atoms with Crippen LogP contribution < -0.4 is 10.1 Å². The zero-order valence-corrected chi connectivity index (χ0v) is 14.1. The molecule has 0 saturated carbocycles. The van der Waals surface area contributed by atoms with E-state index in [1.54, 1.807) is 6.20 Å². The van der Waals surface area contributed by atoms with Crippen LogP contribution in [-0.2, 0) is 11.2 Å². The van der Waals surface area contributed by atoms with E-state index in [1.165, 1.54) is 0 Å². The first-order valence-corrected chi connectivity index (χ1v) is 8.75. The van der Waals surface area contributed by atoms with Gasteiger partial charge in [0.25, 0.3) is 5.91 Å². The van der Waals surface area contributed by atoms with Gasteiger partial charge in [-0.3, -0.25) is 9.78 Å². The molecule has 7 nitrogen and oxygen atoms in total. The summed E-state index contributed by atoms with van der Waals surface area (Å²) in [7, 11) is 0. The average molecular weight is 350 g/mol. The van der Waals surface area contributed by atoms with Crippen LogP contribution in [0.1, 0.15) is 16.1 Å². The molecule has 5 heterocycles. The largest absolute Gasteiger partial charge is 0.477 e. The van der Waals surface area contributed by atoms with Crippen LogP contribution in [-0.4, -0.2) is 47.2 Å². The fourth-order valence-electron chi connectivity index (χ4n) is 3.33. The first kappa shape index (κ1) is 15.3. The lowest BCUT2D eigenvalue weighted by atomic mass is 10.1. The van der Waals surface area contributed by atoms with Crippen molar-refractivity contribution in [3.63, 3.8) is 0 Å². The average Bonchev–Trinajstić information content (AvgIpc) is 3.05. The van der Waals surface area contributed by atoms with Crippen molar-refractivity contribution in [3.8, 4) is 17.1 Å². The van der Waals surface area contributed by atoms with Gasteiger partial charge in [-0.15, -0.1) is 0 Å². The summed E-state index contributed by atoms with van der Waals surface area (Å²) in [6, 6.07) is 7.55. The third-order valence-electron chi connectivity index (χ3n) is 4.83. The molecule has 5 rings (SSSR count). The molecule has 7 heteroatoms. The minimum atomic E-state index is -0.0354. The van der Waals surface area contributed by atoms with Gasteiger partial charge >= 0.3 is 0 Å². The number of nitrogens with one attached hydrogen (secondary N) is 2. The lowest BCUT2D eigenvalue weighted by Crippen LogP contribution is -2.32. The Balaban J connectivity index is 1.53. The fourth-order valence-corrected chi connectivity index (χ4v) is 3.33. The van der Waals surface area contributed by atoms with Crippen LogP contribution in [0.4, 0.5) is 0 Å². The Morgan fingerprint density at radius 3 is 2.96 bits per heavy atom. The summed E-state index contributed by atoms with van der Waals surface area (Å²) in [5.41, 5.74) is 5.00. The summed E-state index contributed by atoms with van der Waals surface area (Å²) in [5, 5.41) is 2.87. The van der Waals surface area contributed by atoms with Crippen LogP contribution in [0.2, 0.25) is 0 Å². The molecule has 0 aliphatic carbocycles. The number of H-pyrrole nitrogens is 1. The summed E-state index contributed by atoms with van der Waals surface area (Å²) in [6.07, 6.45) is 2.56. The van der Waals surface area contributed by atoms with E-state index in [0.29, 0.717) is 30.5 Å². The van der Waals surface area contributed by atoms with Crippen LogP contribution >= 0.6 is 0 Å². The highest BCUT2D eigenvalue weighted by molar-refractivity contribution is 5.99. The van der Waals surface area contributed by atoms with Gasteiger partial charge in [-0.2, -0.15) is 0 Å². The highest BCUT2D eigenvalue weighted by atomic mass is 16.5. The summed E-state index contributed by atoms with van der Waals surface area (Å²) in [4.78, 5) is 24.5. The third kappa shape index (κ3) is 2.61. The minimum Gasteiger partial charge on any atom is -0.477 e.